The smallest absolute Gasteiger partial charge is 0.374 e. The van der Waals surface area contributed by atoms with E-state index in [1.165, 1.54) is 23.4 Å². The first-order valence-electron chi connectivity index (χ1n) is 7.90. The first kappa shape index (κ1) is 16.3. The highest BCUT2D eigenvalue weighted by Gasteiger charge is 2.16. The van der Waals surface area contributed by atoms with Crippen LogP contribution in [0.3, 0.4) is 0 Å². The van der Waals surface area contributed by atoms with Gasteiger partial charge in [0.05, 0.1) is 13.7 Å². The lowest BCUT2D eigenvalue weighted by Crippen LogP contribution is -2.16. The molecule has 4 nitrogen and oxygen atoms in total. The first-order valence-corrected chi connectivity index (χ1v) is 7.90. The summed E-state index contributed by atoms with van der Waals surface area (Å²) in [5.74, 6) is 0.610. The fourth-order valence-electron chi connectivity index (χ4n) is 2.89. The third kappa shape index (κ3) is 3.49. The summed E-state index contributed by atoms with van der Waals surface area (Å²) in [7, 11) is 3.39. The summed E-state index contributed by atoms with van der Waals surface area (Å²) in [6, 6.07) is 16.7. The average Bonchev–Trinajstić information content (AvgIpc) is 2.94. The standard InChI is InChI=1S/C20H21NO3/c1-14-10-18(24-19(14)20(22)23-3)13-21(2)12-15-8-9-16-6-4-5-7-17(16)11-15/h4-11H,12-13H2,1-3H3. The van der Waals surface area contributed by atoms with Gasteiger partial charge < -0.3 is 9.15 Å². The van der Waals surface area contributed by atoms with Gasteiger partial charge in [0.15, 0.2) is 0 Å². The van der Waals surface area contributed by atoms with E-state index >= 15 is 0 Å². The fraction of sp³-hybridized carbons (Fsp3) is 0.250. The Morgan fingerprint density at radius 1 is 1.08 bits per heavy atom. The zero-order chi connectivity index (χ0) is 17.1. The van der Waals surface area contributed by atoms with Crippen molar-refractivity contribution in [3.63, 3.8) is 0 Å². The molecule has 3 aromatic rings. The molecule has 0 radical (unpaired) electrons. The Morgan fingerprint density at radius 2 is 1.83 bits per heavy atom. The van der Waals surface area contributed by atoms with Gasteiger partial charge in [0.1, 0.15) is 5.76 Å². The highest BCUT2D eigenvalue weighted by Crippen LogP contribution is 2.19. The van der Waals surface area contributed by atoms with Crippen LogP contribution < -0.4 is 0 Å². The van der Waals surface area contributed by atoms with E-state index in [-0.39, 0.29) is 5.76 Å². The van der Waals surface area contributed by atoms with Gasteiger partial charge in [-0.1, -0.05) is 36.4 Å². The van der Waals surface area contributed by atoms with Crippen molar-refractivity contribution in [2.24, 2.45) is 0 Å². The van der Waals surface area contributed by atoms with E-state index in [4.69, 9.17) is 9.15 Å². The Labute approximate surface area is 141 Å². The molecule has 0 saturated heterocycles. The summed E-state index contributed by atoms with van der Waals surface area (Å²) in [6.45, 7) is 3.28. The topological polar surface area (TPSA) is 42.7 Å². The molecule has 0 N–H and O–H groups in total. The van der Waals surface area contributed by atoms with Gasteiger partial charge >= 0.3 is 5.97 Å². The minimum atomic E-state index is -0.434. The van der Waals surface area contributed by atoms with E-state index < -0.39 is 5.97 Å². The van der Waals surface area contributed by atoms with Crippen LogP contribution in [0, 0.1) is 6.92 Å². The predicted octanol–water partition coefficient (Wildman–Crippen LogP) is 4.16. The lowest BCUT2D eigenvalue weighted by Gasteiger charge is -2.15. The van der Waals surface area contributed by atoms with E-state index in [0.717, 1.165) is 17.9 Å². The van der Waals surface area contributed by atoms with Crippen molar-refractivity contribution in [3.05, 3.63) is 71.2 Å². The lowest BCUT2D eigenvalue weighted by molar-refractivity contribution is 0.0560. The molecule has 0 aliphatic rings. The Balaban J connectivity index is 1.70. The van der Waals surface area contributed by atoms with Crippen LogP contribution in [0.15, 0.2) is 52.9 Å². The van der Waals surface area contributed by atoms with Crippen LogP contribution in [0.4, 0.5) is 0 Å². The molecular formula is C20H21NO3. The van der Waals surface area contributed by atoms with Crippen molar-refractivity contribution in [3.8, 4) is 0 Å². The second-order valence-electron chi connectivity index (χ2n) is 6.07. The molecule has 24 heavy (non-hydrogen) atoms. The van der Waals surface area contributed by atoms with Crippen LogP contribution in [-0.4, -0.2) is 25.0 Å². The van der Waals surface area contributed by atoms with Crippen molar-refractivity contribution in [2.45, 2.75) is 20.0 Å². The number of hydrogen-bond donors (Lipinski definition) is 0. The number of ether oxygens (including phenoxy) is 1. The van der Waals surface area contributed by atoms with Gasteiger partial charge in [0.25, 0.3) is 0 Å². The second kappa shape index (κ2) is 6.89. The van der Waals surface area contributed by atoms with Gasteiger partial charge in [-0.15, -0.1) is 0 Å². The number of rotatable bonds is 5. The van der Waals surface area contributed by atoms with E-state index in [0.29, 0.717) is 6.54 Å². The van der Waals surface area contributed by atoms with Crippen LogP contribution in [0.25, 0.3) is 10.8 Å². The Morgan fingerprint density at radius 3 is 2.58 bits per heavy atom. The Bertz CT molecular complexity index is 866. The van der Waals surface area contributed by atoms with Crippen molar-refractivity contribution in [2.75, 3.05) is 14.2 Å². The molecule has 4 heteroatoms. The SMILES string of the molecule is COC(=O)c1oc(CN(C)Cc2ccc3ccccc3c2)cc1C. The number of methoxy groups -OCH3 is 1. The molecule has 0 aliphatic heterocycles. The van der Waals surface area contributed by atoms with Crippen LogP contribution >= 0.6 is 0 Å². The van der Waals surface area contributed by atoms with Crippen LogP contribution in [0.5, 0.6) is 0 Å². The number of furan rings is 1. The fourth-order valence-corrected chi connectivity index (χ4v) is 2.89. The van der Waals surface area contributed by atoms with Crippen molar-refractivity contribution in [1.29, 1.82) is 0 Å². The zero-order valence-electron chi connectivity index (χ0n) is 14.2. The maximum Gasteiger partial charge on any atom is 0.374 e. The molecular weight excluding hydrogens is 302 g/mol. The summed E-state index contributed by atoms with van der Waals surface area (Å²) in [6.07, 6.45) is 0. The summed E-state index contributed by atoms with van der Waals surface area (Å²) in [5, 5.41) is 2.48. The van der Waals surface area contributed by atoms with E-state index in [1.807, 2.05) is 26.1 Å². The number of nitrogens with zero attached hydrogens (tertiary/aromatic N) is 1. The molecule has 0 spiro atoms. The molecule has 2 aromatic carbocycles. The van der Waals surface area contributed by atoms with E-state index in [2.05, 4.69) is 41.3 Å². The molecule has 1 heterocycles. The third-order valence-corrected chi connectivity index (χ3v) is 4.03. The minimum Gasteiger partial charge on any atom is -0.463 e. The largest absolute Gasteiger partial charge is 0.463 e. The molecule has 0 aliphatic carbocycles. The first-order chi connectivity index (χ1) is 11.6. The number of carbonyl (C=O) groups excluding carboxylic acids is 1. The quantitative estimate of drug-likeness (QED) is 0.661. The van der Waals surface area contributed by atoms with Crippen molar-refractivity contribution < 1.29 is 13.9 Å². The highest BCUT2D eigenvalue weighted by atomic mass is 16.5. The zero-order valence-corrected chi connectivity index (χ0v) is 14.2. The molecule has 0 bridgehead atoms. The summed E-state index contributed by atoms with van der Waals surface area (Å²) in [5.41, 5.74) is 2.05. The average molecular weight is 323 g/mol. The minimum absolute atomic E-state index is 0.284. The molecule has 0 unspecified atom stereocenters. The van der Waals surface area contributed by atoms with E-state index in [9.17, 15) is 4.79 Å². The van der Waals surface area contributed by atoms with Gasteiger partial charge in [0.2, 0.25) is 5.76 Å². The summed E-state index contributed by atoms with van der Waals surface area (Å²) in [4.78, 5) is 13.8. The molecule has 0 saturated carbocycles. The van der Waals surface area contributed by atoms with Gasteiger partial charge in [-0.05, 0) is 42.4 Å². The monoisotopic (exact) mass is 323 g/mol. The maximum absolute atomic E-state index is 11.6. The number of carbonyl (C=O) groups is 1. The molecule has 0 atom stereocenters. The van der Waals surface area contributed by atoms with Crippen molar-refractivity contribution in [1.82, 2.24) is 4.90 Å². The Hall–Kier alpha value is -2.59. The highest BCUT2D eigenvalue weighted by molar-refractivity contribution is 5.87. The van der Waals surface area contributed by atoms with Gasteiger partial charge in [0, 0.05) is 12.1 Å². The molecule has 124 valence electrons. The maximum atomic E-state index is 11.6. The summed E-state index contributed by atoms with van der Waals surface area (Å²) < 4.78 is 10.4. The predicted molar refractivity (Wildman–Crippen MR) is 93.9 cm³/mol. The van der Waals surface area contributed by atoms with Crippen LogP contribution in [0.2, 0.25) is 0 Å². The van der Waals surface area contributed by atoms with Gasteiger partial charge in [-0.2, -0.15) is 0 Å². The second-order valence-corrected chi connectivity index (χ2v) is 6.07. The number of aryl methyl sites for hydroxylation is 1. The number of benzene rings is 2. The summed E-state index contributed by atoms with van der Waals surface area (Å²) >= 11 is 0. The van der Waals surface area contributed by atoms with Crippen LogP contribution in [0.1, 0.15) is 27.4 Å². The number of fused-ring (bicyclic) bond motifs is 1. The Kier molecular flexibility index (Phi) is 4.67. The van der Waals surface area contributed by atoms with Crippen molar-refractivity contribution >= 4 is 16.7 Å². The number of hydrogen-bond acceptors (Lipinski definition) is 4. The molecule has 0 fully saturated rings. The van der Waals surface area contributed by atoms with Crippen LogP contribution in [-0.2, 0) is 17.8 Å². The number of esters is 1. The lowest BCUT2D eigenvalue weighted by atomic mass is 10.1. The van der Waals surface area contributed by atoms with E-state index in [1.54, 1.807) is 0 Å². The molecule has 3 rings (SSSR count). The molecule has 1 aromatic heterocycles. The third-order valence-electron chi connectivity index (χ3n) is 4.03. The van der Waals surface area contributed by atoms with Gasteiger partial charge in [-0.25, -0.2) is 4.79 Å². The van der Waals surface area contributed by atoms with Gasteiger partial charge in [-0.3, -0.25) is 4.90 Å². The molecule has 0 amide bonds. The normalized spacial score (nSPS) is 11.2.